The second-order valence-electron chi connectivity index (χ2n) is 5.19. The van der Waals surface area contributed by atoms with E-state index in [4.69, 9.17) is 9.84 Å². The van der Waals surface area contributed by atoms with Crippen LogP contribution in [0.15, 0.2) is 18.2 Å². The molecular formula is C14H21NO5. The highest BCUT2D eigenvalue weighted by Gasteiger charge is 2.43. The molecule has 5 N–H and O–H groups in total. The van der Waals surface area contributed by atoms with Gasteiger partial charge in [0.2, 0.25) is 0 Å². The number of nitrogens with one attached hydrogen (secondary N) is 1. The zero-order chi connectivity index (χ0) is 14.9. The lowest BCUT2D eigenvalue weighted by Gasteiger charge is -2.40. The first-order valence-electron chi connectivity index (χ1n) is 6.58. The molecule has 1 fully saturated rings. The lowest BCUT2D eigenvalue weighted by molar-refractivity contribution is -0.221. The Morgan fingerprint density at radius 3 is 2.35 bits per heavy atom. The van der Waals surface area contributed by atoms with Crippen LogP contribution in [0.4, 0.5) is 5.69 Å². The molecule has 0 aliphatic carbocycles. The van der Waals surface area contributed by atoms with Crippen molar-refractivity contribution in [1.29, 1.82) is 0 Å². The molecule has 6 heteroatoms. The first-order chi connectivity index (χ1) is 9.43. The Kier molecular flexibility index (Phi) is 4.62. The predicted molar refractivity (Wildman–Crippen MR) is 73.3 cm³/mol. The molecule has 0 unspecified atom stereocenters. The van der Waals surface area contributed by atoms with E-state index in [1.54, 1.807) is 0 Å². The summed E-state index contributed by atoms with van der Waals surface area (Å²) < 4.78 is 5.38. The zero-order valence-corrected chi connectivity index (χ0v) is 11.5. The van der Waals surface area contributed by atoms with Crippen molar-refractivity contribution in [2.24, 2.45) is 0 Å². The monoisotopic (exact) mass is 283 g/mol. The number of aryl methyl sites for hydroxylation is 2. The van der Waals surface area contributed by atoms with Crippen molar-refractivity contribution in [3.05, 3.63) is 29.3 Å². The fourth-order valence-electron chi connectivity index (χ4n) is 2.22. The van der Waals surface area contributed by atoms with Crippen molar-refractivity contribution in [2.75, 3.05) is 11.9 Å². The number of hydrogen-bond donors (Lipinski definition) is 5. The standard InChI is InChI=1S/C14H21NO5/c1-7-3-4-9(5-8(7)2)15-14-13(19)12(18)11(17)10(6-16)20-14/h3-5,10-19H,6H2,1-2H3/t10-,11-,12+,13+,14+/m0/s1. The van der Waals surface area contributed by atoms with Crippen LogP contribution in [-0.4, -0.2) is 57.7 Å². The Hall–Kier alpha value is -1.18. The molecule has 0 aromatic heterocycles. The number of aliphatic hydroxyl groups is 4. The van der Waals surface area contributed by atoms with E-state index in [0.717, 1.165) is 16.8 Å². The number of anilines is 1. The molecule has 1 aromatic carbocycles. The van der Waals surface area contributed by atoms with Gasteiger partial charge in [-0.3, -0.25) is 0 Å². The number of benzene rings is 1. The van der Waals surface area contributed by atoms with Crippen molar-refractivity contribution in [2.45, 2.75) is 44.5 Å². The van der Waals surface area contributed by atoms with Gasteiger partial charge in [0, 0.05) is 5.69 Å². The molecule has 1 aliphatic rings. The Balaban J connectivity index is 2.13. The Bertz CT molecular complexity index is 465. The average Bonchev–Trinajstić information content (AvgIpc) is 2.43. The van der Waals surface area contributed by atoms with Gasteiger partial charge >= 0.3 is 0 Å². The van der Waals surface area contributed by atoms with Crippen molar-refractivity contribution in [1.82, 2.24) is 0 Å². The predicted octanol–water partition coefficient (Wildman–Crippen LogP) is -0.485. The Labute approximate surface area is 117 Å². The maximum absolute atomic E-state index is 9.93. The van der Waals surface area contributed by atoms with Gasteiger partial charge in [-0.05, 0) is 37.1 Å². The van der Waals surface area contributed by atoms with Gasteiger partial charge in [0.15, 0.2) is 6.23 Å². The summed E-state index contributed by atoms with van der Waals surface area (Å²) in [7, 11) is 0. The highest BCUT2D eigenvalue weighted by molar-refractivity contribution is 5.48. The van der Waals surface area contributed by atoms with Crippen LogP contribution < -0.4 is 5.32 Å². The summed E-state index contributed by atoms with van der Waals surface area (Å²) >= 11 is 0. The first kappa shape index (κ1) is 15.2. The second-order valence-corrected chi connectivity index (χ2v) is 5.19. The maximum Gasteiger partial charge on any atom is 0.157 e. The maximum atomic E-state index is 9.93. The summed E-state index contributed by atoms with van der Waals surface area (Å²) in [4.78, 5) is 0. The highest BCUT2D eigenvalue weighted by atomic mass is 16.6. The lowest BCUT2D eigenvalue weighted by Crippen LogP contribution is -2.60. The van der Waals surface area contributed by atoms with E-state index in [0.29, 0.717) is 0 Å². The molecule has 0 saturated carbocycles. The minimum absolute atomic E-state index is 0.434. The van der Waals surface area contributed by atoms with Crippen LogP contribution in [0.2, 0.25) is 0 Å². The highest BCUT2D eigenvalue weighted by Crippen LogP contribution is 2.23. The molecule has 1 heterocycles. The SMILES string of the molecule is Cc1ccc(N[C@@H]2O[C@@H](CO)[C@H](O)[C@@H](O)[C@H]2O)cc1C. The topological polar surface area (TPSA) is 102 Å². The molecule has 6 nitrogen and oxygen atoms in total. The summed E-state index contributed by atoms with van der Waals surface area (Å²) in [6.45, 7) is 3.52. The van der Waals surface area contributed by atoms with Crippen LogP contribution >= 0.6 is 0 Å². The van der Waals surface area contributed by atoms with E-state index in [1.807, 2.05) is 32.0 Å². The van der Waals surface area contributed by atoms with Gasteiger partial charge in [-0.2, -0.15) is 0 Å². The number of aliphatic hydroxyl groups excluding tert-OH is 4. The van der Waals surface area contributed by atoms with Gasteiger partial charge in [0.1, 0.15) is 24.4 Å². The summed E-state index contributed by atoms with van der Waals surface area (Å²) in [5.41, 5.74) is 2.96. The minimum Gasteiger partial charge on any atom is -0.394 e. The number of rotatable bonds is 3. The molecule has 2 rings (SSSR count). The molecule has 0 radical (unpaired) electrons. The van der Waals surface area contributed by atoms with Crippen molar-refractivity contribution in [3.8, 4) is 0 Å². The van der Waals surface area contributed by atoms with E-state index < -0.39 is 37.3 Å². The van der Waals surface area contributed by atoms with Gasteiger partial charge in [0.05, 0.1) is 6.61 Å². The minimum atomic E-state index is -1.37. The molecule has 5 atom stereocenters. The van der Waals surface area contributed by atoms with E-state index >= 15 is 0 Å². The molecule has 1 aliphatic heterocycles. The summed E-state index contributed by atoms with van der Waals surface area (Å²) in [5, 5.41) is 41.4. The molecule has 1 aromatic rings. The fraction of sp³-hybridized carbons (Fsp3) is 0.571. The van der Waals surface area contributed by atoms with Crippen LogP contribution in [-0.2, 0) is 4.74 Å². The van der Waals surface area contributed by atoms with Crippen LogP contribution in [0, 0.1) is 13.8 Å². The van der Waals surface area contributed by atoms with E-state index in [1.165, 1.54) is 0 Å². The smallest absolute Gasteiger partial charge is 0.157 e. The normalized spacial score (nSPS) is 34.0. The van der Waals surface area contributed by atoms with Gasteiger partial charge in [-0.15, -0.1) is 0 Å². The van der Waals surface area contributed by atoms with Gasteiger partial charge in [0.25, 0.3) is 0 Å². The average molecular weight is 283 g/mol. The van der Waals surface area contributed by atoms with Crippen molar-refractivity contribution in [3.63, 3.8) is 0 Å². The summed E-state index contributed by atoms with van der Waals surface area (Å²) in [6, 6.07) is 5.67. The van der Waals surface area contributed by atoms with Crippen molar-refractivity contribution >= 4 is 5.69 Å². The summed E-state index contributed by atoms with van der Waals surface area (Å²) in [6.07, 6.45) is -5.79. The quantitative estimate of drug-likeness (QED) is 0.513. The summed E-state index contributed by atoms with van der Waals surface area (Å²) in [5.74, 6) is 0. The Morgan fingerprint density at radius 2 is 1.75 bits per heavy atom. The van der Waals surface area contributed by atoms with E-state index in [-0.39, 0.29) is 0 Å². The molecule has 20 heavy (non-hydrogen) atoms. The number of ether oxygens (including phenoxy) is 1. The lowest BCUT2D eigenvalue weighted by atomic mass is 9.98. The zero-order valence-electron chi connectivity index (χ0n) is 11.5. The van der Waals surface area contributed by atoms with E-state index in [2.05, 4.69) is 5.32 Å². The molecule has 0 bridgehead atoms. The molecule has 1 saturated heterocycles. The first-order valence-corrected chi connectivity index (χ1v) is 6.58. The second kappa shape index (κ2) is 6.07. The molecule has 112 valence electrons. The van der Waals surface area contributed by atoms with Gasteiger partial charge in [-0.1, -0.05) is 6.07 Å². The third kappa shape index (κ3) is 2.94. The molecule has 0 spiro atoms. The molecule has 0 amide bonds. The fourth-order valence-corrected chi connectivity index (χ4v) is 2.22. The van der Waals surface area contributed by atoms with Crippen LogP contribution in [0.1, 0.15) is 11.1 Å². The number of hydrogen-bond acceptors (Lipinski definition) is 6. The third-order valence-corrected chi connectivity index (χ3v) is 3.71. The van der Waals surface area contributed by atoms with Gasteiger partial charge in [-0.25, -0.2) is 0 Å². The third-order valence-electron chi connectivity index (χ3n) is 3.71. The molecular weight excluding hydrogens is 262 g/mol. The van der Waals surface area contributed by atoms with Crippen LogP contribution in [0.3, 0.4) is 0 Å². The Morgan fingerprint density at radius 1 is 1.05 bits per heavy atom. The van der Waals surface area contributed by atoms with E-state index in [9.17, 15) is 15.3 Å². The van der Waals surface area contributed by atoms with Crippen LogP contribution in [0.25, 0.3) is 0 Å². The largest absolute Gasteiger partial charge is 0.394 e. The van der Waals surface area contributed by atoms with Crippen molar-refractivity contribution < 1.29 is 25.2 Å². The van der Waals surface area contributed by atoms with Crippen LogP contribution in [0.5, 0.6) is 0 Å². The van der Waals surface area contributed by atoms with Gasteiger partial charge < -0.3 is 30.5 Å².